The van der Waals surface area contributed by atoms with Crippen molar-refractivity contribution >= 4 is 5.91 Å². The summed E-state index contributed by atoms with van der Waals surface area (Å²) in [7, 11) is 0. The maximum Gasteiger partial charge on any atom is 0.227 e. The monoisotopic (exact) mass is 224 g/mol. The summed E-state index contributed by atoms with van der Waals surface area (Å²) in [5, 5.41) is 3.20. The van der Waals surface area contributed by atoms with Gasteiger partial charge in [-0.05, 0) is 44.4 Å². The van der Waals surface area contributed by atoms with E-state index in [-0.39, 0.29) is 11.3 Å². The molecule has 0 heterocycles. The molecule has 0 aromatic carbocycles. The van der Waals surface area contributed by atoms with Gasteiger partial charge >= 0.3 is 0 Å². The van der Waals surface area contributed by atoms with Crippen LogP contribution in [0, 0.1) is 11.3 Å². The highest BCUT2D eigenvalue weighted by Crippen LogP contribution is 2.45. The van der Waals surface area contributed by atoms with Crippen LogP contribution >= 0.6 is 0 Å². The van der Waals surface area contributed by atoms with E-state index in [2.05, 4.69) is 12.2 Å². The van der Waals surface area contributed by atoms with Crippen LogP contribution in [-0.2, 0) is 4.79 Å². The highest BCUT2D eigenvalue weighted by molar-refractivity contribution is 5.85. The molecule has 0 aliphatic heterocycles. The predicted octanol–water partition coefficient (Wildman–Crippen LogP) is 1.81. The lowest BCUT2D eigenvalue weighted by Gasteiger charge is -2.29. The third-order valence-corrected chi connectivity index (χ3v) is 4.49. The van der Waals surface area contributed by atoms with Crippen LogP contribution in [0.1, 0.15) is 51.9 Å². The van der Waals surface area contributed by atoms with Crippen molar-refractivity contribution in [2.45, 2.75) is 57.9 Å². The zero-order valence-corrected chi connectivity index (χ0v) is 10.3. The van der Waals surface area contributed by atoms with E-state index < -0.39 is 0 Å². The summed E-state index contributed by atoms with van der Waals surface area (Å²) in [6.07, 6.45) is 8.12. The van der Waals surface area contributed by atoms with Gasteiger partial charge in [0.05, 0.1) is 5.41 Å². The fourth-order valence-corrected chi connectivity index (χ4v) is 2.73. The first-order chi connectivity index (χ1) is 7.70. The second-order valence-corrected chi connectivity index (χ2v) is 5.58. The molecule has 0 radical (unpaired) electrons. The van der Waals surface area contributed by atoms with Crippen molar-refractivity contribution < 1.29 is 4.79 Å². The first-order valence-corrected chi connectivity index (χ1v) is 6.71. The molecule has 2 rings (SSSR count). The van der Waals surface area contributed by atoms with Crippen LogP contribution in [0.15, 0.2) is 0 Å². The highest BCUT2D eigenvalue weighted by atomic mass is 16.2. The summed E-state index contributed by atoms with van der Waals surface area (Å²) in [5.41, 5.74) is 5.48. The quantitative estimate of drug-likeness (QED) is 0.765. The number of nitrogens with two attached hydrogens (primary N) is 1. The van der Waals surface area contributed by atoms with E-state index in [9.17, 15) is 4.79 Å². The van der Waals surface area contributed by atoms with Crippen LogP contribution in [0.25, 0.3) is 0 Å². The Labute approximate surface area is 98.2 Å². The number of rotatable bonds is 4. The number of nitrogens with one attached hydrogen (secondary N) is 1. The molecule has 0 saturated heterocycles. The van der Waals surface area contributed by atoms with Crippen molar-refractivity contribution in [1.29, 1.82) is 0 Å². The molecule has 2 saturated carbocycles. The fraction of sp³-hybridized carbons (Fsp3) is 0.923. The summed E-state index contributed by atoms with van der Waals surface area (Å²) in [5.74, 6) is 1.10. The molecule has 2 aliphatic carbocycles. The zero-order chi connectivity index (χ0) is 11.6. The van der Waals surface area contributed by atoms with Crippen LogP contribution in [-0.4, -0.2) is 18.5 Å². The minimum absolute atomic E-state index is 0.179. The van der Waals surface area contributed by atoms with Crippen molar-refractivity contribution in [3.63, 3.8) is 0 Å². The minimum atomic E-state index is -0.179. The molecule has 0 aromatic heterocycles. The summed E-state index contributed by atoms with van der Waals surface area (Å²) in [6.45, 7) is 2.78. The Morgan fingerprint density at radius 3 is 2.38 bits per heavy atom. The van der Waals surface area contributed by atoms with E-state index >= 15 is 0 Å². The molecule has 3 N–H and O–H groups in total. The van der Waals surface area contributed by atoms with Crippen LogP contribution in [0.3, 0.4) is 0 Å². The van der Waals surface area contributed by atoms with Crippen molar-refractivity contribution in [1.82, 2.24) is 5.32 Å². The summed E-state index contributed by atoms with van der Waals surface area (Å²) >= 11 is 0. The molecule has 2 aliphatic rings. The second-order valence-electron chi connectivity index (χ2n) is 5.58. The molecular formula is C13H24N2O. The van der Waals surface area contributed by atoms with Crippen molar-refractivity contribution in [3.05, 3.63) is 0 Å². The Hall–Kier alpha value is -0.570. The highest BCUT2D eigenvalue weighted by Gasteiger charge is 2.48. The first-order valence-electron chi connectivity index (χ1n) is 6.71. The lowest BCUT2D eigenvalue weighted by Crippen LogP contribution is -2.43. The minimum Gasteiger partial charge on any atom is -0.353 e. The summed E-state index contributed by atoms with van der Waals surface area (Å²) < 4.78 is 0. The van der Waals surface area contributed by atoms with Crippen LogP contribution in [0.5, 0.6) is 0 Å². The van der Waals surface area contributed by atoms with E-state index in [0.29, 0.717) is 12.6 Å². The van der Waals surface area contributed by atoms with E-state index in [1.54, 1.807) is 0 Å². The van der Waals surface area contributed by atoms with E-state index in [1.165, 1.54) is 19.3 Å². The van der Waals surface area contributed by atoms with Crippen LogP contribution < -0.4 is 11.1 Å². The lowest BCUT2D eigenvalue weighted by atomic mass is 9.84. The predicted molar refractivity (Wildman–Crippen MR) is 64.9 cm³/mol. The maximum atomic E-state index is 12.0. The average Bonchev–Trinajstić information content (AvgIpc) is 3.11. The van der Waals surface area contributed by atoms with Gasteiger partial charge in [0, 0.05) is 12.6 Å². The fourth-order valence-electron chi connectivity index (χ4n) is 2.73. The topological polar surface area (TPSA) is 55.1 Å². The maximum absolute atomic E-state index is 12.0. The third kappa shape index (κ3) is 2.40. The second kappa shape index (κ2) is 4.74. The molecule has 0 bridgehead atoms. The standard InChI is InChI=1S/C13H24N2O/c1-2-10-3-5-11(6-4-10)15-12(16)13(9-14)7-8-13/h10-11H,2-9,14H2,1H3,(H,15,16). The van der Waals surface area contributed by atoms with Crippen molar-refractivity contribution in [3.8, 4) is 0 Å². The number of carbonyl (C=O) groups excluding carboxylic acids is 1. The smallest absolute Gasteiger partial charge is 0.227 e. The molecule has 3 heteroatoms. The van der Waals surface area contributed by atoms with Crippen molar-refractivity contribution in [2.24, 2.45) is 17.1 Å². The van der Waals surface area contributed by atoms with Gasteiger partial charge in [-0.3, -0.25) is 4.79 Å². The van der Waals surface area contributed by atoms with Gasteiger partial charge in [0.1, 0.15) is 0 Å². The Kier molecular flexibility index (Phi) is 3.53. The van der Waals surface area contributed by atoms with Crippen LogP contribution in [0.2, 0.25) is 0 Å². The molecule has 16 heavy (non-hydrogen) atoms. The van der Waals surface area contributed by atoms with E-state index in [1.807, 2.05) is 0 Å². The van der Waals surface area contributed by atoms with E-state index in [4.69, 9.17) is 5.73 Å². The third-order valence-electron chi connectivity index (χ3n) is 4.49. The Morgan fingerprint density at radius 2 is 1.94 bits per heavy atom. The van der Waals surface area contributed by atoms with Gasteiger partial charge in [0.25, 0.3) is 0 Å². The molecular weight excluding hydrogens is 200 g/mol. The van der Waals surface area contributed by atoms with Crippen molar-refractivity contribution in [2.75, 3.05) is 6.54 Å². The molecule has 0 spiro atoms. The molecule has 0 aromatic rings. The molecule has 2 fully saturated rings. The van der Waals surface area contributed by atoms with Gasteiger partial charge in [0.15, 0.2) is 0 Å². The van der Waals surface area contributed by atoms with Gasteiger partial charge in [-0.25, -0.2) is 0 Å². The zero-order valence-electron chi connectivity index (χ0n) is 10.3. The normalized spacial score (nSPS) is 32.1. The molecule has 0 atom stereocenters. The number of amides is 1. The van der Waals surface area contributed by atoms with Gasteiger partial charge in [0.2, 0.25) is 5.91 Å². The number of hydrogen-bond acceptors (Lipinski definition) is 2. The Morgan fingerprint density at radius 1 is 1.31 bits per heavy atom. The number of hydrogen-bond donors (Lipinski definition) is 2. The van der Waals surface area contributed by atoms with Gasteiger partial charge in [-0.15, -0.1) is 0 Å². The lowest BCUT2D eigenvalue weighted by molar-refractivity contribution is -0.127. The Bertz CT molecular complexity index is 253. The summed E-state index contributed by atoms with van der Waals surface area (Å²) in [6, 6.07) is 0.416. The van der Waals surface area contributed by atoms with Gasteiger partial charge in [-0.1, -0.05) is 13.3 Å². The van der Waals surface area contributed by atoms with Crippen LogP contribution in [0.4, 0.5) is 0 Å². The largest absolute Gasteiger partial charge is 0.353 e. The molecule has 1 amide bonds. The Balaban J connectivity index is 1.76. The van der Waals surface area contributed by atoms with E-state index in [0.717, 1.165) is 31.6 Å². The first kappa shape index (κ1) is 11.9. The SMILES string of the molecule is CCC1CCC(NC(=O)C2(CN)CC2)CC1. The van der Waals surface area contributed by atoms with Gasteiger partial charge < -0.3 is 11.1 Å². The summed E-state index contributed by atoms with van der Waals surface area (Å²) in [4.78, 5) is 12.0. The molecule has 92 valence electrons. The molecule has 3 nitrogen and oxygen atoms in total. The number of carbonyl (C=O) groups is 1. The van der Waals surface area contributed by atoms with Gasteiger partial charge in [-0.2, -0.15) is 0 Å². The average molecular weight is 224 g/mol. The molecule has 0 unspecified atom stereocenters.